The third-order valence-corrected chi connectivity index (χ3v) is 4.60. The van der Waals surface area contributed by atoms with Crippen molar-refractivity contribution in [2.45, 2.75) is 58.4 Å². The summed E-state index contributed by atoms with van der Waals surface area (Å²) >= 11 is 0. The van der Waals surface area contributed by atoms with Gasteiger partial charge in [-0.1, -0.05) is 12.2 Å². The van der Waals surface area contributed by atoms with Crippen molar-refractivity contribution in [1.29, 1.82) is 0 Å². The van der Waals surface area contributed by atoms with Crippen LogP contribution in [0.25, 0.3) is 0 Å². The zero-order chi connectivity index (χ0) is 20.0. The Morgan fingerprint density at radius 2 is 1.70 bits per heavy atom. The number of halogens is 6. The Kier molecular flexibility index (Phi) is 7.59. The second kappa shape index (κ2) is 9.48. The number of allylic oxidation sites excluding steroid dienone is 2. The van der Waals surface area contributed by atoms with Crippen LogP contribution in [0, 0.1) is 23.5 Å². The summed E-state index contributed by atoms with van der Waals surface area (Å²) in [7, 11) is 0. The zero-order valence-corrected chi connectivity index (χ0v) is 14.9. The van der Waals surface area contributed by atoms with Gasteiger partial charge >= 0.3 is 12.7 Å². The lowest BCUT2D eigenvalue weighted by molar-refractivity contribution is -0.256. The van der Waals surface area contributed by atoms with Crippen LogP contribution < -0.4 is 4.74 Å². The van der Waals surface area contributed by atoms with Crippen molar-refractivity contribution in [3.05, 3.63) is 41.5 Å². The van der Waals surface area contributed by atoms with Crippen LogP contribution in [0.4, 0.5) is 26.3 Å². The van der Waals surface area contributed by atoms with E-state index in [-0.39, 0.29) is 11.5 Å². The van der Waals surface area contributed by atoms with E-state index in [1.54, 1.807) is 0 Å². The maximum atomic E-state index is 14.0. The topological polar surface area (TPSA) is 18.5 Å². The molecule has 0 aromatic heterocycles. The molecule has 1 aromatic carbocycles. The van der Waals surface area contributed by atoms with E-state index in [9.17, 15) is 26.3 Å². The Balaban J connectivity index is 1.89. The monoisotopic (exact) mass is 396 g/mol. The third-order valence-electron chi connectivity index (χ3n) is 4.60. The molecule has 1 aliphatic rings. The largest absolute Gasteiger partial charge is 0.429 e. The van der Waals surface area contributed by atoms with Crippen molar-refractivity contribution in [2.75, 3.05) is 0 Å². The van der Waals surface area contributed by atoms with Crippen LogP contribution in [0.15, 0.2) is 24.3 Å². The van der Waals surface area contributed by atoms with Gasteiger partial charge < -0.3 is 9.47 Å². The third kappa shape index (κ3) is 6.75. The lowest BCUT2D eigenvalue weighted by Crippen LogP contribution is -2.27. The molecule has 0 bridgehead atoms. The van der Waals surface area contributed by atoms with Gasteiger partial charge in [0.1, 0.15) is 0 Å². The average molecular weight is 396 g/mol. The molecule has 0 heterocycles. The van der Waals surface area contributed by atoms with Gasteiger partial charge in [0.15, 0.2) is 17.4 Å². The highest BCUT2D eigenvalue weighted by molar-refractivity contribution is 5.31. The Bertz CT molecular complexity index is 616. The Morgan fingerprint density at radius 1 is 1.11 bits per heavy atom. The molecule has 0 spiro atoms. The van der Waals surface area contributed by atoms with Crippen LogP contribution in [0.5, 0.6) is 5.75 Å². The smallest absolute Gasteiger partial charge is 0.387 e. The van der Waals surface area contributed by atoms with E-state index in [4.69, 9.17) is 0 Å². The van der Waals surface area contributed by atoms with Gasteiger partial charge in [0.2, 0.25) is 0 Å². The highest BCUT2D eigenvalue weighted by Gasteiger charge is 2.35. The molecular formula is C19H22F6O2. The predicted octanol–water partition coefficient (Wildman–Crippen LogP) is 6.45. The fourth-order valence-electron chi connectivity index (χ4n) is 3.34. The maximum absolute atomic E-state index is 14.0. The molecule has 152 valence electrons. The normalized spacial score (nSPS) is 21.2. The standard InChI is InChI=1S/C19H22F6O2/c1-2-3-12-4-6-13(7-5-12)10-19(24,25)26-11-14-8-15(20)17(16(21)9-14)27-18(22)23/h2-3,8-9,12-13,18H,4-7,10-11H2,1H3. The summed E-state index contributed by atoms with van der Waals surface area (Å²) in [5, 5.41) is 0. The second-order valence-corrected chi connectivity index (χ2v) is 6.70. The zero-order valence-electron chi connectivity index (χ0n) is 14.9. The molecule has 0 unspecified atom stereocenters. The molecule has 0 radical (unpaired) electrons. The molecule has 2 nitrogen and oxygen atoms in total. The molecule has 8 heteroatoms. The van der Waals surface area contributed by atoms with Gasteiger partial charge in [0.05, 0.1) is 6.61 Å². The van der Waals surface area contributed by atoms with Crippen molar-refractivity contribution in [2.24, 2.45) is 11.8 Å². The molecule has 1 fully saturated rings. The quantitative estimate of drug-likeness (QED) is 0.371. The molecule has 1 aromatic rings. The minimum Gasteiger partial charge on any atom is -0.429 e. The molecule has 1 aliphatic carbocycles. The first kappa shape index (κ1) is 21.6. The first-order chi connectivity index (χ1) is 12.7. The number of benzene rings is 1. The first-order valence-electron chi connectivity index (χ1n) is 8.77. The summed E-state index contributed by atoms with van der Waals surface area (Å²) in [5.74, 6) is -3.82. The molecule has 2 rings (SSSR count). The van der Waals surface area contributed by atoms with Gasteiger partial charge in [0.25, 0.3) is 0 Å². The minimum atomic E-state index is -3.44. The molecule has 1 saturated carbocycles. The number of alkyl halides is 4. The van der Waals surface area contributed by atoms with Crippen LogP contribution in [-0.2, 0) is 11.3 Å². The van der Waals surface area contributed by atoms with E-state index >= 15 is 0 Å². The molecule has 27 heavy (non-hydrogen) atoms. The summed E-state index contributed by atoms with van der Waals surface area (Å²) in [6.45, 7) is -2.22. The molecule has 0 N–H and O–H groups in total. The number of hydrogen-bond acceptors (Lipinski definition) is 2. The minimum absolute atomic E-state index is 0.184. The fraction of sp³-hybridized carbons (Fsp3) is 0.579. The average Bonchev–Trinajstić information content (AvgIpc) is 2.58. The van der Waals surface area contributed by atoms with Gasteiger partial charge in [0, 0.05) is 6.42 Å². The number of ether oxygens (including phenoxy) is 2. The first-order valence-corrected chi connectivity index (χ1v) is 8.77. The highest BCUT2D eigenvalue weighted by atomic mass is 19.3. The Hall–Kier alpha value is -1.70. The lowest BCUT2D eigenvalue weighted by atomic mass is 9.80. The van der Waals surface area contributed by atoms with Gasteiger partial charge in [-0.3, -0.25) is 0 Å². The molecule has 0 atom stereocenters. The summed E-state index contributed by atoms with van der Waals surface area (Å²) in [6, 6.07) is 1.28. The van der Waals surface area contributed by atoms with E-state index in [0.717, 1.165) is 12.8 Å². The van der Waals surface area contributed by atoms with Gasteiger partial charge in [-0.15, -0.1) is 0 Å². The van der Waals surface area contributed by atoms with Gasteiger partial charge in [-0.05, 0) is 62.1 Å². The number of rotatable bonds is 8. The number of hydrogen-bond donors (Lipinski definition) is 0. The van der Waals surface area contributed by atoms with E-state index in [2.05, 4.69) is 15.5 Å². The summed E-state index contributed by atoms with van der Waals surface area (Å²) in [5.41, 5.74) is -0.233. The van der Waals surface area contributed by atoms with Crippen LogP contribution in [0.2, 0.25) is 0 Å². The Labute approximate surface area is 154 Å². The molecule has 0 saturated heterocycles. The lowest BCUT2D eigenvalue weighted by Gasteiger charge is -2.29. The fourth-order valence-corrected chi connectivity index (χ4v) is 3.34. The van der Waals surface area contributed by atoms with Crippen LogP contribution in [0.3, 0.4) is 0 Å². The SMILES string of the molecule is CC=CC1CCC(CC(F)(F)OCc2cc(F)c(OC(F)F)c(F)c2)CC1. The molecule has 0 amide bonds. The van der Waals surface area contributed by atoms with Crippen molar-refractivity contribution < 1.29 is 35.8 Å². The van der Waals surface area contributed by atoms with E-state index in [1.165, 1.54) is 0 Å². The van der Waals surface area contributed by atoms with Crippen molar-refractivity contribution >= 4 is 0 Å². The van der Waals surface area contributed by atoms with Crippen LogP contribution in [-0.4, -0.2) is 12.7 Å². The van der Waals surface area contributed by atoms with Crippen molar-refractivity contribution in [1.82, 2.24) is 0 Å². The summed E-state index contributed by atoms with van der Waals surface area (Å²) < 4.78 is 87.8. The van der Waals surface area contributed by atoms with E-state index in [0.29, 0.717) is 30.9 Å². The van der Waals surface area contributed by atoms with Gasteiger partial charge in [-0.2, -0.15) is 17.6 Å². The predicted molar refractivity (Wildman–Crippen MR) is 87.6 cm³/mol. The molecular weight excluding hydrogens is 374 g/mol. The Morgan fingerprint density at radius 3 is 2.22 bits per heavy atom. The summed E-state index contributed by atoms with van der Waals surface area (Å²) in [4.78, 5) is 0. The van der Waals surface area contributed by atoms with Crippen LogP contribution in [0.1, 0.15) is 44.6 Å². The van der Waals surface area contributed by atoms with Crippen molar-refractivity contribution in [3.63, 3.8) is 0 Å². The van der Waals surface area contributed by atoms with Gasteiger partial charge in [-0.25, -0.2) is 8.78 Å². The van der Waals surface area contributed by atoms with E-state index in [1.807, 2.05) is 13.0 Å². The van der Waals surface area contributed by atoms with E-state index < -0.39 is 43.1 Å². The van der Waals surface area contributed by atoms with Crippen LogP contribution >= 0.6 is 0 Å². The highest BCUT2D eigenvalue weighted by Crippen LogP contribution is 2.37. The summed E-state index contributed by atoms with van der Waals surface area (Å²) in [6.07, 6.45) is 3.14. The van der Waals surface area contributed by atoms with Crippen molar-refractivity contribution in [3.8, 4) is 5.75 Å². The maximum Gasteiger partial charge on any atom is 0.387 e. The second-order valence-electron chi connectivity index (χ2n) is 6.70. The molecule has 0 aliphatic heterocycles.